The van der Waals surface area contributed by atoms with Crippen molar-refractivity contribution in [2.75, 3.05) is 0 Å². The fourth-order valence-electron chi connectivity index (χ4n) is 2.51. The number of hydrogen-bond acceptors (Lipinski definition) is 2. The largest absolute Gasteiger partial charge is 0.573 e. The molecule has 1 aliphatic carbocycles. The first-order valence-electron chi connectivity index (χ1n) is 6.47. The van der Waals surface area contributed by atoms with E-state index >= 15 is 0 Å². The summed E-state index contributed by atoms with van der Waals surface area (Å²) in [6, 6.07) is 6.27. The Hall–Kier alpha value is -1.23. The van der Waals surface area contributed by atoms with Crippen LogP contribution in [0.25, 0.3) is 0 Å². The number of rotatable bonds is 4. The normalized spacial score (nSPS) is 18.5. The van der Waals surface area contributed by atoms with Gasteiger partial charge in [0.15, 0.2) is 0 Å². The van der Waals surface area contributed by atoms with Crippen LogP contribution in [0.2, 0.25) is 0 Å². The molecule has 2 nitrogen and oxygen atoms in total. The summed E-state index contributed by atoms with van der Waals surface area (Å²) in [4.78, 5) is 0. The number of nitrogens with one attached hydrogen (secondary N) is 1. The van der Waals surface area contributed by atoms with Crippen LogP contribution in [0.15, 0.2) is 24.3 Å². The van der Waals surface area contributed by atoms with E-state index in [1.165, 1.54) is 18.9 Å². The molecule has 0 amide bonds. The molecule has 0 spiro atoms. The quantitative estimate of drug-likeness (QED) is 0.895. The molecule has 0 bridgehead atoms. The van der Waals surface area contributed by atoms with Crippen LogP contribution in [0.1, 0.15) is 38.2 Å². The molecular formula is C14H18F3NO. The minimum atomic E-state index is -4.65. The Labute approximate surface area is 111 Å². The molecule has 0 aromatic heterocycles. The highest BCUT2D eigenvalue weighted by atomic mass is 19.4. The Morgan fingerprint density at radius 1 is 1.21 bits per heavy atom. The second-order valence-corrected chi connectivity index (χ2v) is 5.28. The van der Waals surface area contributed by atoms with Gasteiger partial charge in [-0.25, -0.2) is 0 Å². The molecule has 0 radical (unpaired) electrons. The Morgan fingerprint density at radius 2 is 1.84 bits per heavy atom. The van der Waals surface area contributed by atoms with Crippen molar-refractivity contribution in [2.24, 2.45) is 0 Å². The number of benzene rings is 1. The molecule has 106 valence electrons. The zero-order chi connectivity index (χ0) is 13.9. The summed E-state index contributed by atoms with van der Waals surface area (Å²) in [7, 11) is 0. The van der Waals surface area contributed by atoms with E-state index in [4.69, 9.17) is 0 Å². The van der Waals surface area contributed by atoms with Gasteiger partial charge in [-0.05, 0) is 25.8 Å². The monoisotopic (exact) mass is 273 g/mol. The van der Waals surface area contributed by atoms with Gasteiger partial charge in [-0.1, -0.05) is 31.0 Å². The van der Waals surface area contributed by atoms with Crippen LogP contribution in [0, 0.1) is 0 Å². The van der Waals surface area contributed by atoms with Crippen molar-refractivity contribution >= 4 is 0 Å². The van der Waals surface area contributed by atoms with Gasteiger partial charge in [-0.2, -0.15) is 0 Å². The lowest BCUT2D eigenvalue weighted by atomic mass is 10.0. The van der Waals surface area contributed by atoms with Crippen molar-refractivity contribution < 1.29 is 17.9 Å². The Kier molecular flexibility index (Phi) is 4.04. The summed E-state index contributed by atoms with van der Waals surface area (Å²) >= 11 is 0. The van der Waals surface area contributed by atoms with Gasteiger partial charge in [0.25, 0.3) is 0 Å². The SMILES string of the molecule is CC1(NCc2ccccc2OC(F)(F)F)CCCC1. The molecular weight excluding hydrogens is 255 g/mol. The highest BCUT2D eigenvalue weighted by molar-refractivity contribution is 5.33. The van der Waals surface area contributed by atoms with Gasteiger partial charge < -0.3 is 10.1 Å². The standard InChI is InChI=1S/C14H18F3NO/c1-13(8-4-5-9-13)18-10-11-6-2-3-7-12(11)19-14(15,16)17/h2-3,6-7,18H,4-5,8-10H2,1H3. The maximum absolute atomic E-state index is 12.3. The second-order valence-electron chi connectivity index (χ2n) is 5.28. The maximum Gasteiger partial charge on any atom is 0.573 e. The minimum Gasteiger partial charge on any atom is -0.405 e. The van der Waals surface area contributed by atoms with E-state index in [9.17, 15) is 13.2 Å². The van der Waals surface area contributed by atoms with Crippen molar-refractivity contribution in [3.63, 3.8) is 0 Å². The van der Waals surface area contributed by atoms with E-state index < -0.39 is 6.36 Å². The number of para-hydroxylation sites is 1. The molecule has 0 aliphatic heterocycles. The van der Waals surface area contributed by atoms with Gasteiger partial charge in [0, 0.05) is 17.6 Å². The Morgan fingerprint density at radius 3 is 2.47 bits per heavy atom. The first-order chi connectivity index (χ1) is 8.88. The van der Waals surface area contributed by atoms with Crippen LogP contribution in [-0.2, 0) is 6.54 Å². The highest BCUT2D eigenvalue weighted by Gasteiger charge is 2.32. The van der Waals surface area contributed by atoms with E-state index in [0.717, 1.165) is 12.8 Å². The van der Waals surface area contributed by atoms with E-state index in [-0.39, 0.29) is 11.3 Å². The summed E-state index contributed by atoms with van der Waals surface area (Å²) in [6.45, 7) is 2.51. The predicted octanol–water partition coefficient (Wildman–Crippen LogP) is 4.01. The van der Waals surface area contributed by atoms with E-state index in [0.29, 0.717) is 12.1 Å². The molecule has 1 saturated carbocycles. The number of ether oxygens (including phenoxy) is 1. The third-order valence-electron chi connectivity index (χ3n) is 3.61. The second kappa shape index (κ2) is 5.41. The summed E-state index contributed by atoms with van der Waals surface area (Å²) in [5.74, 6) is -0.121. The first-order valence-corrected chi connectivity index (χ1v) is 6.47. The van der Waals surface area contributed by atoms with Crippen LogP contribution in [0.3, 0.4) is 0 Å². The van der Waals surface area contributed by atoms with Gasteiger partial charge in [0.1, 0.15) is 5.75 Å². The molecule has 0 unspecified atom stereocenters. The van der Waals surface area contributed by atoms with Crippen LogP contribution in [0.5, 0.6) is 5.75 Å². The zero-order valence-corrected chi connectivity index (χ0v) is 10.9. The van der Waals surface area contributed by atoms with Crippen molar-refractivity contribution in [3.05, 3.63) is 29.8 Å². The third kappa shape index (κ3) is 4.13. The molecule has 1 N–H and O–H groups in total. The van der Waals surface area contributed by atoms with Gasteiger partial charge in [-0.15, -0.1) is 13.2 Å². The summed E-state index contributed by atoms with van der Waals surface area (Å²) in [5.41, 5.74) is 0.568. The molecule has 5 heteroatoms. The van der Waals surface area contributed by atoms with Crippen molar-refractivity contribution in [2.45, 2.75) is 51.1 Å². The van der Waals surface area contributed by atoms with Crippen molar-refractivity contribution in [1.29, 1.82) is 0 Å². The zero-order valence-electron chi connectivity index (χ0n) is 10.9. The number of halogens is 3. The first kappa shape index (κ1) is 14.2. The van der Waals surface area contributed by atoms with Gasteiger partial charge in [0.05, 0.1) is 0 Å². The average Bonchev–Trinajstić information content (AvgIpc) is 2.74. The number of hydrogen-bond donors (Lipinski definition) is 1. The van der Waals surface area contributed by atoms with Crippen LogP contribution < -0.4 is 10.1 Å². The molecule has 0 saturated heterocycles. The third-order valence-corrected chi connectivity index (χ3v) is 3.61. The maximum atomic E-state index is 12.3. The molecule has 1 fully saturated rings. The summed E-state index contributed by atoms with van der Waals surface area (Å²) in [6.07, 6.45) is -0.174. The average molecular weight is 273 g/mol. The summed E-state index contributed by atoms with van der Waals surface area (Å²) in [5, 5.41) is 3.35. The van der Waals surface area contributed by atoms with Crippen molar-refractivity contribution in [3.8, 4) is 5.75 Å². The smallest absolute Gasteiger partial charge is 0.405 e. The number of alkyl halides is 3. The van der Waals surface area contributed by atoms with Gasteiger partial charge >= 0.3 is 6.36 Å². The molecule has 0 heterocycles. The van der Waals surface area contributed by atoms with Crippen molar-refractivity contribution in [1.82, 2.24) is 5.32 Å². The van der Waals surface area contributed by atoms with E-state index in [1.807, 2.05) is 0 Å². The minimum absolute atomic E-state index is 0.0331. The van der Waals surface area contributed by atoms with Crippen LogP contribution in [0.4, 0.5) is 13.2 Å². The lowest BCUT2D eigenvalue weighted by molar-refractivity contribution is -0.274. The molecule has 1 aliphatic rings. The van der Waals surface area contributed by atoms with Gasteiger partial charge in [-0.3, -0.25) is 0 Å². The van der Waals surface area contributed by atoms with E-state index in [1.54, 1.807) is 18.2 Å². The molecule has 1 aromatic rings. The lowest BCUT2D eigenvalue weighted by Crippen LogP contribution is -2.38. The highest BCUT2D eigenvalue weighted by Crippen LogP contribution is 2.31. The fourth-order valence-corrected chi connectivity index (χ4v) is 2.51. The Balaban J connectivity index is 2.03. The van der Waals surface area contributed by atoms with Crippen LogP contribution in [-0.4, -0.2) is 11.9 Å². The molecule has 0 atom stereocenters. The van der Waals surface area contributed by atoms with Crippen LogP contribution >= 0.6 is 0 Å². The Bertz CT molecular complexity index is 425. The predicted molar refractivity (Wildman–Crippen MR) is 66.8 cm³/mol. The summed E-state index contributed by atoms with van der Waals surface area (Å²) < 4.78 is 40.9. The fraction of sp³-hybridized carbons (Fsp3) is 0.571. The lowest BCUT2D eigenvalue weighted by Gasteiger charge is -2.26. The molecule has 1 aromatic carbocycles. The van der Waals surface area contributed by atoms with E-state index in [2.05, 4.69) is 17.0 Å². The molecule has 2 rings (SSSR count). The topological polar surface area (TPSA) is 21.3 Å². The molecule has 19 heavy (non-hydrogen) atoms. The van der Waals surface area contributed by atoms with Gasteiger partial charge in [0.2, 0.25) is 0 Å².